The molecule has 0 fully saturated rings. The maximum Gasteiger partial charge on any atom is 0.340 e. The molecule has 0 aliphatic carbocycles. The van der Waals surface area contributed by atoms with Gasteiger partial charge in [-0.2, -0.15) is 0 Å². The molecule has 4 nitrogen and oxygen atoms in total. The first kappa shape index (κ1) is 20.0. The third-order valence-corrected chi connectivity index (χ3v) is 6.54. The molecular weight excluding hydrogens is 433 g/mol. The van der Waals surface area contributed by atoms with Crippen LogP contribution < -0.4 is 15.3 Å². The quantitative estimate of drug-likeness (QED) is 0.340. The van der Waals surface area contributed by atoms with Gasteiger partial charge in [0.15, 0.2) is 6.73 Å². The fourth-order valence-electron chi connectivity index (χ4n) is 4.06. The third kappa shape index (κ3) is 3.56. The second-order valence-electron chi connectivity index (χ2n) is 7.62. The van der Waals surface area contributed by atoms with Crippen LogP contribution in [0.15, 0.2) is 69.9 Å². The van der Waals surface area contributed by atoms with Gasteiger partial charge in [-0.15, -0.1) is 0 Å². The monoisotopic (exact) mass is 451 g/mol. The molecule has 0 spiro atoms. The predicted octanol–water partition coefficient (Wildman–Crippen LogP) is 6.36. The molecule has 0 saturated carbocycles. The van der Waals surface area contributed by atoms with Crippen molar-refractivity contribution in [2.24, 2.45) is 0 Å². The molecule has 0 amide bonds. The first-order valence-electron chi connectivity index (χ1n) is 9.97. The standard InChI is InChI=1S/C25H19Cl2NO3/c1-15-17-10-11-22-19(13-28(14-30-22)21-9-5-8-20(26)23(21)27)24(17)31-25(29)18(15)12-16-6-3-2-4-7-16/h2-11H,12-14H2,1H3. The van der Waals surface area contributed by atoms with Crippen LogP contribution in [-0.4, -0.2) is 6.73 Å². The highest BCUT2D eigenvalue weighted by molar-refractivity contribution is 6.43. The first-order chi connectivity index (χ1) is 15.0. The lowest BCUT2D eigenvalue weighted by Crippen LogP contribution is -2.32. The summed E-state index contributed by atoms with van der Waals surface area (Å²) in [7, 11) is 0. The molecule has 5 rings (SSSR count). The van der Waals surface area contributed by atoms with E-state index in [9.17, 15) is 4.79 Å². The largest absolute Gasteiger partial charge is 0.473 e. The van der Waals surface area contributed by atoms with E-state index in [-0.39, 0.29) is 5.63 Å². The van der Waals surface area contributed by atoms with Gasteiger partial charge in [0.1, 0.15) is 11.3 Å². The lowest BCUT2D eigenvalue weighted by Gasteiger charge is -2.31. The van der Waals surface area contributed by atoms with Crippen LogP contribution in [-0.2, 0) is 13.0 Å². The Labute approximate surface area is 189 Å². The Morgan fingerprint density at radius 2 is 1.81 bits per heavy atom. The molecule has 0 radical (unpaired) electrons. The topological polar surface area (TPSA) is 42.7 Å². The Balaban J connectivity index is 1.59. The Morgan fingerprint density at radius 1 is 1.00 bits per heavy atom. The molecule has 1 aliphatic rings. The Morgan fingerprint density at radius 3 is 2.61 bits per heavy atom. The first-order valence-corrected chi connectivity index (χ1v) is 10.7. The van der Waals surface area contributed by atoms with Crippen LogP contribution >= 0.6 is 23.2 Å². The number of halogens is 2. The van der Waals surface area contributed by atoms with Crippen molar-refractivity contribution in [2.45, 2.75) is 19.9 Å². The molecule has 3 aromatic carbocycles. The fourth-order valence-corrected chi connectivity index (χ4v) is 4.47. The summed E-state index contributed by atoms with van der Waals surface area (Å²) in [6, 6.07) is 19.3. The number of hydrogen-bond acceptors (Lipinski definition) is 4. The Kier molecular flexibility index (Phi) is 5.12. The number of ether oxygens (including phenoxy) is 1. The lowest BCUT2D eigenvalue weighted by molar-refractivity contribution is 0.289. The van der Waals surface area contributed by atoms with Crippen LogP contribution in [0, 0.1) is 6.92 Å². The molecule has 6 heteroatoms. The van der Waals surface area contributed by atoms with Gasteiger partial charge in [-0.25, -0.2) is 4.79 Å². The van der Waals surface area contributed by atoms with Gasteiger partial charge in [-0.05, 0) is 42.3 Å². The van der Waals surface area contributed by atoms with Crippen LogP contribution in [0.25, 0.3) is 11.0 Å². The number of aryl methyl sites for hydroxylation is 1. The van der Waals surface area contributed by atoms with Gasteiger partial charge in [0, 0.05) is 17.4 Å². The zero-order valence-corrected chi connectivity index (χ0v) is 18.3. The maximum atomic E-state index is 12.9. The molecule has 0 atom stereocenters. The average Bonchev–Trinajstić information content (AvgIpc) is 2.79. The second-order valence-corrected chi connectivity index (χ2v) is 8.40. The third-order valence-electron chi connectivity index (χ3n) is 5.74. The highest BCUT2D eigenvalue weighted by Gasteiger charge is 2.25. The van der Waals surface area contributed by atoms with E-state index < -0.39 is 0 Å². The van der Waals surface area contributed by atoms with Gasteiger partial charge >= 0.3 is 5.63 Å². The molecule has 31 heavy (non-hydrogen) atoms. The van der Waals surface area contributed by atoms with Crippen LogP contribution in [0.3, 0.4) is 0 Å². The minimum Gasteiger partial charge on any atom is -0.473 e. The van der Waals surface area contributed by atoms with Crippen molar-refractivity contribution < 1.29 is 9.15 Å². The van der Waals surface area contributed by atoms with Crippen LogP contribution in [0.2, 0.25) is 10.0 Å². The smallest absolute Gasteiger partial charge is 0.340 e. The van der Waals surface area contributed by atoms with Gasteiger partial charge in [0.25, 0.3) is 0 Å². The summed E-state index contributed by atoms with van der Waals surface area (Å²) in [5.41, 5.74) is 4.50. The Hall–Kier alpha value is -2.95. The number of fused-ring (bicyclic) bond motifs is 3. The molecule has 156 valence electrons. The summed E-state index contributed by atoms with van der Waals surface area (Å²) < 4.78 is 11.8. The number of rotatable bonds is 3. The SMILES string of the molecule is Cc1c(Cc2ccccc2)c(=O)oc2c3c(ccc12)OCN(c1cccc(Cl)c1Cl)C3. The van der Waals surface area contributed by atoms with Crippen molar-refractivity contribution in [3.05, 3.63) is 103 Å². The summed E-state index contributed by atoms with van der Waals surface area (Å²) in [4.78, 5) is 14.9. The van der Waals surface area contributed by atoms with Crippen molar-refractivity contribution in [1.29, 1.82) is 0 Å². The minimum absolute atomic E-state index is 0.319. The minimum atomic E-state index is -0.319. The van der Waals surface area contributed by atoms with Crippen molar-refractivity contribution in [2.75, 3.05) is 11.6 Å². The van der Waals surface area contributed by atoms with Gasteiger partial charge in [-0.3, -0.25) is 0 Å². The molecule has 2 heterocycles. The number of anilines is 1. The highest BCUT2D eigenvalue weighted by Crippen LogP contribution is 2.38. The maximum absolute atomic E-state index is 12.9. The van der Waals surface area contributed by atoms with Gasteiger partial charge in [0.2, 0.25) is 0 Å². The molecule has 1 aliphatic heterocycles. The summed E-state index contributed by atoms with van der Waals surface area (Å²) in [5, 5.41) is 1.86. The summed E-state index contributed by atoms with van der Waals surface area (Å²) >= 11 is 12.6. The number of nitrogens with zero attached hydrogens (tertiary/aromatic N) is 1. The molecule has 0 unspecified atom stereocenters. The summed E-state index contributed by atoms with van der Waals surface area (Å²) in [6.07, 6.45) is 0.531. The predicted molar refractivity (Wildman–Crippen MR) is 125 cm³/mol. The highest BCUT2D eigenvalue weighted by atomic mass is 35.5. The van der Waals surface area contributed by atoms with Crippen LogP contribution in [0.1, 0.15) is 22.3 Å². The van der Waals surface area contributed by atoms with Gasteiger partial charge < -0.3 is 14.1 Å². The molecule has 0 bridgehead atoms. The normalized spacial score (nSPS) is 13.2. The van der Waals surface area contributed by atoms with Crippen molar-refractivity contribution in [1.82, 2.24) is 0 Å². The van der Waals surface area contributed by atoms with Gasteiger partial charge in [0.05, 0.1) is 27.8 Å². The van der Waals surface area contributed by atoms with Crippen LogP contribution in [0.5, 0.6) is 5.75 Å². The van der Waals surface area contributed by atoms with Crippen molar-refractivity contribution in [3.63, 3.8) is 0 Å². The van der Waals surface area contributed by atoms with Crippen molar-refractivity contribution in [3.8, 4) is 5.75 Å². The molecule has 4 aromatic rings. The molecular formula is C25H19Cl2NO3. The van der Waals surface area contributed by atoms with E-state index in [2.05, 4.69) is 0 Å². The number of benzene rings is 3. The van der Waals surface area contributed by atoms with Crippen molar-refractivity contribution >= 4 is 39.9 Å². The molecule has 1 aromatic heterocycles. The van der Waals surface area contributed by atoms with E-state index in [0.717, 1.165) is 27.8 Å². The molecule has 0 saturated heterocycles. The average molecular weight is 452 g/mol. The zero-order chi connectivity index (χ0) is 21.5. The lowest BCUT2D eigenvalue weighted by atomic mass is 9.97. The van der Waals surface area contributed by atoms with E-state index in [1.165, 1.54) is 0 Å². The fraction of sp³-hybridized carbons (Fsp3) is 0.160. The van der Waals surface area contributed by atoms with Gasteiger partial charge in [-0.1, -0.05) is 59.6 Å². The van der Waals surface area contributed by atoms with E-state index in [4.69, 9.17) is 32.4 Å². The second kappa shape index (κ2) is 7.95. The summed E-state index contributed by atoms with van der Waals surface area (Å²) in [5.74, 6) is 0.709. The van der Waals surface area contributed by atoms with E-state index in [0.29, 0.717) is 46.6 Å². The van der Waals surface area contributed by atoms with E-state index in [1.807, 2.05) is 66.4 Å². The van der Waals surface area contributed by atoms with Crippen LogP contribution in [0.4, 0.5) is 5.69 Å². The number of hydrogen-bond donors (Lipinski definition) is 0. The van der Waals surface area contributed by atoms with E-state index >= 15 is 0 Å². The molecule has 0 N–H and O–H groups in total. The van der Waals surface area contributed by atoms with E-state index in [1.54, 1.807) is 6.07 Å². The zero-order valence-electron chi connectivity index (χ0n) is 16.8. The Bertz CT molecular complexity index is 1350. The summed E-state index contributed by atoms with van der Waals surface area (Å²) in [6.45, 7) is 2.79.